The first-order valence-electron chi connectivity index (χ1n) is 3.04. The lowest BCUT2D eigenvalue weighted by Crippen LogP contribution is -2.15. The molecular weight excluding hydrogens is 240 g/mol. The molecular formula is C4H10O8S2. The van der Waals surface area contributed by atoms with E-state index in [1.54, 1.807) is 0 Å². The van der Waals surface area contributed by atoms with Crippen molar-refractivity contribution in [3.05, 3.63) is 0 Å². The van der Waals surface area contributed by atoms with Crippen LogP contribution in [-0.4, -0.2) is 48.5 Å². The lowest BCUT2D eigenvalue weighted by molar-refractivity contribution is -0.134. The van der Waals surface area contributed by atoms with Gasteiger partial charge in [0.05, 0.1) is 11.5 Å². The zero-order chi connectivity index (χ0) is 12.0. The van der Waals surface area contributed by atoms with Crippen LogP contribution in [0.15, 0.2) is 0 Å². The van der Waals surface area contributed by atoms with E-state index in [9.17, 15) is 16.8 Å². The van der Waals surface area contributed by atoms with Crippen molar-refractivity contribution in [1.29, 1.82) is 0 Å². The van der Waals surface area contributed by atoms with Crippen LogP contribution in [-0.2, 0) is 25.0 Å². The molecule has 0 aromatic carbocycles. The van der Waals surface area contributed by atoms with Gasteiger partial charge in [0.2, 0.25) is 0 Å². The molecule has 0 aromatic rings. The highest BCUT2D eigenvalue weighted by atomic mass is 32.2. The van der Waals surface area contributed by atoms with Gasteiger partial charge in [0.25, 0.3) is 26.2 Å². The molecule has 10 heteroatoms. The molecule has 0 heterocycles. The molecule has 0 spiro atoms. The minimum Gasteiger partial charge on any atom is -0.481 e. The second kappa shape index (κ2) is 5.90. The summed E-state index contributed by atoms with van der Waals surface area (Å²) in [6.07, 6.45) is 0. The molecule has 0 aliphatic carbocycles. The predicted molar refractivity (Wildman–Crippen MR) is 46.1 cm³/mol. The van der Waals surface area contributed by atoms with Gasteiger partial charge in [-0.1, -0.05) is 0 Å². The molecule has 0 aliphatic heterocycles. The topological polar surface area (TPSA) is 146 Å². The second-order valence-electron chi connectivity index (χ2n) is 2.09. The molecule has 0 rings (SSSR count). The van der Waals surface area contributed by atoms with Crippen LogP contribution in [0.25, 0.3) is 0 Å². The van der Waals surface area contributed by atoms with Gasteiger partial charge in [-0.25, -0.2) is 0 Å². The maximum absolute atomic E-state index is 9.86. The fourth-order valence-corrected chi connectivity index (χ4v) is 1.90. The minimum absolute atomic E-state index is 0.833. The normalized spacial score (nSPS) is 11.4. The zero-order valence-electron chi connectivity index (χ0n) is 7.11. The molecule has 0 radical (unpaired) electrons. The Bertz CT molecular complexity index is 326. The monoisotopic (exact) mass is 250 g/mol. The molecule has 0 saturated carbocycles. The van der Waals surface area contributed by atoms with E-state index in [1.165, 1.54) is 0 Å². The van der Waals surface area contributed by atoms with Crippen molar-refractivity contribution in [2.75, 3.05) is 11.5 Å². The lowest BCUT2D eigenvalue weighted by Gasteiger charge is -1.92. The molecule has 0 aromatic heterocycles. The molecule has 3 N–H and O–H groups in total. The Balaban J connectivity index is 0. The average molecular weight is 250 g/mol. The number of carboxylic acids is 1. The van der Waals surface area contributed by atoms with E-state index < -0.39 is 37.7 Å². The summed E-state index contributed by atoms with van der Waals surface area (Å²) in [6, 6.07) is 0. The van der Waals surface area contributed by atoms with Crippen LogP contribution in [0.4, 0.5) is 0 Å². The van der Waals surface area contributed by atoms with Gasteiger partial charge in [0.1, 0.15) is 0 Å². The van der Waals surface area contributed by atoms with Crippen molar-refractivity contribution in [3.63, 3.8) is 0 Å². The molecule has 0 atom stereocenters. The molecule has 0 amide bonds. The van der Waals surface area contributed by atoms with E-state index in [0.29, 0.717) is 0 Å². The Labute approximate surface area is 81.1 Å². The fraction of sp³-hybridized carbons (Fsp3) is 0.750. The van der Waals surface area contributed by atoms with Crippen LogP contribution in [0.2, 0.25) is 0 Å². The van der Waals surface area contributed by atoms with Gasteiger partial charge in [0, 0.05) is 6.92 Å². The SMILES string of the molecule is CC(=O)O.O=S(=O)(O)CCS(=O)(=O)O. The van der Waals surface area contributed by atoms with Crippen molar-refractivity contribution >= 4 is 26.2 Å². The summed E-state index contributed by atoms with van der Waals surface area (Å²) in [6.45, 7) is 1.08. The van der Waals surface area contributed by atoms with Gasteiger partial charge in [-0.05, 0) is 0 Å². The Kier molecular flexibility index (Phi) is 6.64. The van der Waals surface area contributed by atoms with E-state index in [1.807, 2.05) is 0 Å². The molecule has 8 nitrogen and oxygen atoms in total. The Hall–Kier alpha value is -0.710. The van der Waals surface area contributed by atoms with Crippen LogP contribution in [0.1, 0.15) is 6.92 Å². The number of carbonyl (C=O) groups is 1. The maximum atomic E-state index is 9.86. The summed E-state index contributed by atoms with van der Waals surface area (Å²) >= 11 is 0. The first kappa shape index (κ1) is 15.7. The molecule has 0 unspecified atom stereocenters. The average Bonchev–Trinajstić information content (AvgIpc) is 1.79. The predicted octanol–water partition coefficient (Wildman–Crippen LogP) is -1.15. The summed E-state index contributed by atoms with van der Waals surface area (Å²) < 4.78 is 55.4. The van der Waals surface area contributed by atoms with Crippen molar-refractivity contribution in [2.45, 2.75) is 6.92 Å². The van der Waals surface area contributed by atoms with Crippen LogP contribution < -0.4 is 0 Å². The highest BCUT2D eigenvalue weighted by Crippen LogP contribution is 1.86. The fourth-order valence-electron chi connectivity index (χ4n) is 0.211. The summed E-state index contributed by atoms with van der Waals surface area (Å²) in [4.78, 5) is 9.00. The van der Waals surface area contributed by atoms with E-state index in [4.69, 9.17) is 19.0 Å². The van der Waals surface area contributed by atoms with E-state index in [-0.39, 0.29) is 0 Å². The van der Waals surface area contributed by atoms with Crippen LogP contribution in [0, 0.1) is 0 Å². The lowest BCUT2D eigenvalue weighted by atomic mass is 10.9. The number of carboxylic acid groups (broad SMARTS) is 1. The van der Waals surface area contributed by atoms with E-state index >= 15 is 0 Å². The molecule has 0 bridgehead atoms. The summed E-state index contributed by atoms with van der Waals surface area (Å²) in [7, 11) is -8.59. The standard InChI is InChI=1S/C2H6O6S2.C2H4O2/c3-9(4,5)1-2-10(6,7)8;1-2(3)4/h1-2H2,(H,3,4,5)(H,6,7,8);1H3,(H,3,4). The van der Waals surface area contributed by atoms with E-state index in [0.717, 1.165) is 6.92 Å². The molecule has 0 aliphatic rings. The maximum Gasteiger partial charge on any atom is 0.300 e. The van der Waals surface area contributed by atoms with Crippen molar-refractivity contribution in [1.82, 2.24) is 0 Å². The summed E-state index contributed by atoms with van der Waals surface area (Å²) in [5.74, 6) is -2.79. The third kappa shape index (κ3) is 30.2. The smallest absolute Gasteiger partial charge is 0.300 e. The number of aliphatic carboxylic acids is 1. The third-order valence-corrected chi connectivity index (χ3v) is 2.30. The summed E-state index contributed by atoms with van der Waals surface area (Å²) in [5, 5.41) is 7.42. The largest absolute Gasteiger partial charge is 0.481 e. The van der Waals surface area contributed by atoms with Crippen LogP contribution >= 0.6 is 0 Å². The Morgan fingerprint density at radius 2 is 1.14 bits per heavy atom. The van der Waals surface area contributed by atoms with Gasteiger partial charge in [-0.3, -0.25) is 13.9 Å². The quantitative estimate of drug-likeness (QED) is 0.532. The third-order valence-electron chi connectivity index (χ3n) is 0.599. The molecule has 86 valence electrons. The number of hydrogen-bond donors (Lipinski definition) is 3. The summed E-state index contributed by atoms with van der Waals surface area (Å²) in [5.41, 5.74) is 0. The number of hydrogen-bond acceptors (Lipinski definition) is 5. The molecule has 14 heavy (non-hydrogen) atoms. The highest BCUT2D eigenvalue weighted by molar-refractivity contribution is 7.89. The van der Waals surface area contributed by atoms with Gasteiger partial charge >= 0.3 is 0 Å². The highest BCUT2D eigenvalue weighted by Gasteiger charge is 2.11. The molecule has 0 saturated heterocycles. The number of rotatable bonds is 3. The molecule has 0 fully saturated rings. The van der Waals surface area contributed by atoms with Crippen LogP contribution in [0.5, 0.6) is 0 Å². The van der Waals surface area contributed by atoms with Gasteiger partial charge in [-0.15, -0.1) is 0 Å². The van der Waals surface area contributed by atoms with Gasteiger partial charge in [-0.2, -0.15) is 16.8 Å². The Morgan fingerprint density at radius 1 is 1.00 bits per heavy atom. The zero-order valence-corrected chi connectivity index (χ0v) is 8.75. The van der Waals surface area contributed by atoms with Crippen molar-refractivity contribution in [2.24, 2.45) is 0 Å². The van der Waals surface area contributed by atoms with Crippen molar-refractivity contribution in [3.8, 4) is 0 Å². The Morgan fingerprint density at radius 3 is 1.21 bits per heavy atom. The second-order valence-corrected chi connectivity index (χ2v) is 5.24. The van der Waals surface area contributed by atoms with Crippen molar-refractivity contribution < 1.29 is 35.8 Å². The van der Waals surface area contributed by atoms with E-state index in [2.05, 4.69) is 0 Å². The first-order chi connectivity index (χ1) is 5.94. The van der Waals surface area contributed by atoms with Crippen LogP contribution in [0.3, 0.4) is 0 Å². The van der Waals surface area contributed by atoms with Gasteiger partial charge in [0.15, 0.2) is 0 Å². The minimum atomic E-state index is -4.30. The first-order valence-corrected chi connectivity index (χ1v) is 6.26. The van der Waals surface area contributed by atoms with Gasteiger partial charge < -0.3 is 5.11 Å².